The molecule has 0 aliphatic heterocycles. The van der Waals surface area contributed by atoms with Crippen molar-refractivity contribution in [1.29, 1.82) is 0 Å². The number of nitrogens with zero attached hydrogens (tertiary/aromatic N) is 1. The van der Waals surface area contributed by atoms with E-state index in [9.17, 15) is 26.3 Å². The standard InChI is InChI=1S/C12H6F6N2S/c13-11(14,15)7-4-2-1-3-6(7)8-5-9(21)20-10(19-8)12(16,17)18/h1-5H,(H,19,20,21). The van der Waals surface area contributed by atoms with Gasteiger partial charge in [0.05, 0.1) is 11.3 Å². The Morgan fingerprint density at radius 3 is 2.14 bits per heavy atom. The first kappa shape index (κ1) is 15.5. The zero-order valence-electron chi connectivity index (χ0n) is 10.0. The van der Waals surface area contributed by atoms with E-state index in [2.05, 4.69) is 17.2 Å². The highest BCUT2D eigenvalue weighted by Gasteiger charge is 2.36. The minimum atomic E-state index is -4.84. The first-order chi connectivity index (χ1) is 9.59. The number of alkyl halides is 6. The molecule has 0 atom stereocenters. The first-order valence-corrected chi connectivity index (χ1v) is 5.85. The van der Waals surface area contributed by atoms with Crippen LogP contribution >= 0.6 is 12.2 Å². The molecule has 2 rings (SSSR count). The Balaban J connectivity index is 2.69. The lowest BCUT2D eigenvalue weighted by Crippen LogP contribution is -2.13. The van der Waals surface area contributed by atoms with E-state index < -0.39 is 39.6 Å². The molecule has 0 spiro atoms. The smallest absolute Gasteiger partial charge is 0.335 e. The molecule has 0 unspecified atom stereocenters. The molecule has 21 heavy (non-hydrogen) atoms. The molecule has 1 N–H and O–H groups in total. The molecule has 0 aliphatic carbocycles. The third kappa shape index (κ3) is 3.41. The summed E-state index contributed by atoms with van der Waals surface area (Å²) in [6.45, 7) is 0. The van der Waals surface area contributed by atoms with Crippen LogP contribution in [0.5, 0.6) is 0 Å². The molecular weight excluding hydrogens is 318 g/mol. The average Bonchev–Trinajstić information content (AvgIpc) is 2.36. The van der Waals surface area contributed by atoms with Crippen LogP contribution in [0.1, 0.15) is 11.4 Å². The summed E-state index contributed by atoms with van der Waals surface area (Å²) in [5.41, 5.74) is -1.88. The minimum absolute atomic E-state index is 0.393. The number of H-pyrrole nitrogens is 1. The molecule has 0 saturated carbocycles. The molecule has 1 heterocycles. The Labute approximate surface area is 119 Å². The van der Waals surface area contributed by atoms with E-state index in [0.717, 1.165) is 24.3 Å². The van der Waals surface area contributed by atoms with E-state index in [-0.39, 0.29) is 0 Å². The topological polar surface area (TPSA) is 28.7 Å². The second-order valence-corrected chi connectivity index (χ2v) is 4.44. The molecule has 1 aromatic carbocycles. The monoisotopic (exact) mass is 324 g/mol. The third-order valence-corrected chi connectivity index (χ3v) is 2.74. The highest BCUT2D eigenvalue weighted by atomic mass is 32.1. The predicted molar refractivity (Wildman–Crippen MR) is 64.9 cm³/mol. The first-order valence-electron chi connectivity index (χ1n) is 5.44. The van der Waals surface area contributed by atoms with Gasteiger partial charge in [-0.05, 0) is 12.1 Å². The second kappa shape index (κ2) is 5.14. The summed E-state index contributed by atoms with van der Waals surface area (Å²) < 4.78 is 76.1. The number of hydrogen-bond acceptors (Lipinski definition) is 2. The van der Waals surface area contributed by atoms with Crippen LogP contribution in [0.25, 0.3) is 11.3 Å². The molecule has 0 amide bonds. The number of benzene rings is 1. The van der Waals surface area contributed by atoms with Crippen LogP contribution in [0, 0.1) is 4.64 Å². The van der Waals surface area contributed by atoms with Crippen molar-refractivity contribution in [2.24, 2.45) is 0 Å². The molecular formula is C12H6F6N2S. The third-order valence-electron chi connectivity index (χ3n) is 2.53. The molecule has 2 aromatic rings. The lowest BCUT2D eigenvalue weighted by molar-refractivity contribution is -0.145. The van der Waals surface area contributed by atoms with Crippen LogP contribution in [0.4, 0.5) is 26.3 Å². The Morgan fingerprint density at radius 1 is 0.952 bits per heavy atom. The average molecular weight is 324 g/mol. The predicted octanol–water partition coefficient (Wildman–Crippen LogP) is 4.84. The van der Waals surface area contributed by atoms with Crippen molar-refractivity contribution in [3.63, 3.8) is 0 Å². The van der Waals surface area contributed by atoms with Gasteiger partial charge in [0.15, 0.2) is 0 Å². The van der Waals surface area contributed by atoms with E-state index in [0.29, 0.717) is 0 Å². The Kier molecular flexibility index (Phi) is 3.79. The number of halogens is 6. The van der Waals surface area contributed by atoms with Gasteiger partial charge in [0, 0.05) is 5.56 Å². The fraction of sp³-hybridized carbons (Fsp3) is 0.167. The van der Waals surface area contributed by atoms with E-state index in [1.165, 1.54) is 6.07 Å². The van der Waals surface area contributed by atoms with E-state index >= 15 is 0 Å². The van der Waals surface area contributed by atoms with Crippen LogP contribution in [0.2, 0.25) is 0 Å². The molecule has 0 fully saturated rings. The van der Waals surface area contributed by atoms with Crippen molar-refractivity contribution in [2.45, 2.75) is 12.4 Å². The molecule has 2 nitrogen and oxygen atoms in total. The zero-order chi connectivity index (χ0) is 15.8. The summed E-state index contributed by atoms with van der Waals surface area (Å²) in [7, 11) is 0. The van der Waals surface area contributed by atoms with Crippen LogP contribution in [-0.2, 0) is 12.4 Å². The van der Waals surface area contributed by atoms with Crippen LogP contribution in [-0.4, -0.2) is 9.97 Å². The summed E-state index contributed by atoms with van der Waals surface area (Å²) >= 11 is 4.58. The molecule has 9 heteroatoms. The Bertz CT molecular complexity index is 717. The fourth-order valence-electron chi connectivity index (χ4n) is 1.70. The Hall–Kier alpha value is -1.90. The second-order valence-electron chi connectivity index (χ2n) is 4.02. The lowest BCUT2D eigenvalue weighted by atomic mass is 10.0. The van der Waals surface area contributed by atoms with Crippen LogP contribution in [0.15, 0.2) is 30.3 Å². The van der Waals surface area contributed by atoms with Crippen molar-refractivity contribution in [2.75, 3.05) is 0 Å². The van der Waals surface area contributed by atoms with Gasteiger partial charge < -0.3 is 4.98 Å². The van der Waals surface area contributed by atoms with Gasteiger partial charge in [-0.3, -0.25) is 0 Å². The van der Waals surface area contributed by atoms with Crippen molar-refractivity contribution < 1.29 is 26.3 Å². The van der Waals surface area contributed by atoms with Gasteiger partial charge >= 0.3 is 12.4 Å². The fourth-order valence-corrected chi connectivity index (χ4v) is 1.91. The summed E-state index contributed by atoms with van der Waals surface area (Å²) in [4.78, 5) is 4.93. The minimum Gasteiger partial charge on any atom is -0.335 e. The number of rotatable bonds is 1. The van der Waals surface area contributed by atoms with Gasteiger partial charge in [-0.1, -0.05) is 30.4 Å². The van der Waals surface area contributed by atoms with Gasteiger partial charge in [-0.25, -0.2) is 4.98 Å². The maximum atomic E-state index is 12.9. The van der Waals surface area contributed by atoms with E-state index in [1.54, 1.807) is 0 Å². The maximum Gasteiger partial charge on any atom is 0.449 e. The zero-order valence-corrected chi connectivity index (χ0v) is 10.8. The molecule has 0 radical (unpaired) electrons. The van der Waals surface area contributed by atoms with E-state index in [4.69, 9.17) is 0 Å². The quantitative estimate of drug-likeness (QED) is 0.600. The number of hydrogen-bond donors (Lipinski definition) is 1. The normalized spacial score (nSPS) is 12.5. The van der Waals surface area contributed by atoms with Gasteiger partial charge in [-0.15, -0.1) is 0 Å². The summed E-state index contributed by atoms with van der Waals surface area (Å²) in [6, 6.07) is 5.22. The van der Waals surface area contributed by atoms with Crippen molar-refractivity contribution in [3.05, 3.63) is 46.4 Å². The number of aromatic amines is 1. The molecule has 0 bridgehead atoms. The van der Waals surface area contributed by atoms with Crippen LogP contribution in [0.3, 0.4) is 0 Å². The van der Waals surface area contributed by atoms with Gasteiger partial charge in [0.25, 0.3) is 0 Å². The molecule has 0 aliphatic rings. The van der Waals surface area contributed by atoms with Gasteiger partial charge in [-0.2, -0.15) is 26.3 Å². The maximum absolute atomic E-state index is 12.9. The van der Waals surface area contributed by atoms with Crippen molar-refractivity contribution in [1.82, 2.24) is 9.97 Å². The number of aromatic nitrogens is 2. The van der Waals surface area contributed by atoms with Gasteiger partial charge in [0.1, 0.15) is 4.64 Å². The Morgan fingerprint density at radius 2 is 1.57 bits per heavy atom. The van der Waals surface area contributed by atoms with Gasteiger partial charge in [0.2, 0.25) is 5.82 Å². The summed E-state index contributed by atoms with van der Waals surface area (Å²) in [5, 5.41) is 0. The summed E-state index contributed by atoms with van der Waals surface area (Å²) in [6.07, 6.45) is -9.54. The highest BCUT2D eigenvalue weighted by molar-refractivity contribution is 7.71. The van der Waals surface area contributed by atoms with Crippen molar-refractivity contribution in [3.8, 4) is 11.3 Å². The molecule has 112 valence electrons. The summed E-state index contributed by atoms with van der Waals surface area (Å²) in [5.74, 6) is -1.44. The highest BCUT2D eigenvalue weighted by Crippen LogP contribution is 2.37. The van der Waals surface area contributed by atoms with E-state index in [1.807, 2.05) is 4.98 Å². The molecule has 1 aromatic heterocycles. The lowest BCUT2D eigenvalue weighted by Gasteiger charge is -2.14. The van der Waals surface area contributed by atoms with Crippen LogP contribution < -0.4 is 0 Å². The molecule has 0 saturated heterocycles. The SMILES string of the molecule is FC(F)(F)c1nc(=S)cc(-c2ccccc2C(F)(F)F)[nH]1. The van der Waals surface area contributed by atoms with Crippen molar-refractivity contribution >= 4 is 12.2 Å². The largest absolute Gasteiger partial charge is 0.449 e. The number of nitrogens with one attached hydrogen (secondary N) is 1.